The first kappa shape index (κ1) is 14.0. The fourth-order valence-corrected chi connectivity index (χ4v) is 4.55. The molecular formula is C12H25NO2S. The number of rotatable bonds is 6. The van der Waals surface area contributed by atoms with Crippen LogP contribution in [0.3, 0.4) is 0 Å². The lowest BCUT2D eigenvalue weighted by atomic mass is 9.97. The summed E-state index contributed by atoms with van der Waals surface area (Å²) in [4.78, 5) is 0. The minimum atomic E-state index is -2.79. The predicted molar refractivity (Wildman–Crippen MR) is 68.4 cm³/mol. The van der Waals surface area contributed by atoms with Crippen LogP contribution in [0, 0.1) is 0 Å². The summed E-state index contributed by atoms with van der Waals surface area (Å²) in [6.45, 7) is 6.40. The summed E-state index contributed by atoms with van der Waals surface area (Å²) >= 11 is 0. The molecule has 1 aliphatic rings. The Bertz CT molecular complexity index is 313. The molecule has 3 nitrogen and oxygen atoms in total. The summed E-state index contributed by atoms with van der Waals surface area (Å²) in [5, 5.41) is 3.55. The first-order valence-corrected chi connectivity index (χ1v) is 8.21. The van der Waals surface area contributed by atoms with Crippen LogP contribution in [0.4, 0.5) is 0 Å². The molecule has 96 valence electrons. The summed E-state index contributed by atoms with van der Waals surface area (Å²) in [5.74, 6) is 0.656. The van der Waals surface area contributed by atoms with Gasteiger partial charge in [0.25, 0.3) is 0 Å². The van der Waals surface area contributed by atoms with Crippen LogP contribution in [0.25, 0.3) is 0 Å². The van der Waals surface area contributed by atoms with E-state index in [1.165, 1.54) is 12.8 Å². The van der Waals surface area contributed by atoms with Crippen LogP contribution >= 0.6 is 0 Å². The Morgan fingerprint density at radius 1 is 1.38 bits per heavy atom. The Labute approximate surface area is 99.9 Å². The second-order valence-corrected chi connectivity index (χ2v) is 7.48. The topological polar surface area (TPSA) is 46.2 Å². The van der Waals surface area contributed by atoms with E-state index in [0.717, 1.165) is 19.3 Å². The first-order chi connectivity index (χ1) is 7.41. The highest BCUT2D eigenvalue weighted by Crippen LogP contribution is 2.24. The molecule has 1 saturated heterocycles. The van der Waals surface area contributed by atoms with Crippen molar-refractivity contribution in [3.05, 3.63) is 0 Å². The highest BCUT2D eigenvalue weighted by atomic mass is 32.2. The monoisotopic (exact) mass is 247 g/mol. The summed E-state index contributed by atoms with van der Waals surface area (Å²) in [6.07, 6.45) is 5.41. The molecule has 0 amide bonds. The molecule has 2 unspecified atom stereocenters. The maximum Gasteiger partial charge on any atom is 0.152 e. The van der Waals surface area contributed by atoms with Gasteiger partial charge >= 0.3 is 0 Å². The van der Waals surface area contributed by atoms with Crippen LogP contribution < -0.4 is 5.32 Å². The summed E-state index contributed by atoms with van der Waals surface area (Å²) < 4.78 is 23.0. The van der Waals surface area contributed by atoms with Crippen LogP contribution in [-0.4, -0.2) is 31.5 Å². The molecule has 4 heteroatoms. The number of unbranched alkanes of at least 4 members (excludes halogenated alkanes) is 1. The van der Waals surface area contributed by atoms with Crippen LogP contribution in [0.5, 0.6) is 0 Å². The Morgan fingerprint density at radius 3 is 2.50 bits per heavy atom. The van der Waals surface area contributed by atoms with Gasteiger partial charge < -0.3 is 5.32 Å². The Morgan fingerprint density at radius 2 is 2.06 bits per heavy atom. The molecule has 0 bridgehead atoms. The largest absolute Gasteiger partial charge is 0.308 e. The summed E-state index contributed by atoms with van der Waals surface area (Å²) in [6, 6.07) is 0.471. The average molecular weight is 247 g/mol. The molecule has 0 aromatic heterocycles. The maximum atomic E-state index is 11.5. The summed E-state index contributed by atoms with van der Waals surface area (Å²) in [5.41, 5.74) is -0.187. The SMILES string of the molecule is CCCCC(CC)NC1(C)CCS(=O)(=O)C1. The third-order valence-corrected chi connectivity index (χ3v) is 5.36. The second kappa shape index (κ2) is 5.50. The Balaban J connectivity index is 2.51. The van der Waals surface area contributed by atoms with Gasteiger partial charge in [-0.3, -0.25) is 0 Å². The molecule has 0 aromatic carbocycles. The molecule has 0 spiro atoms. The van der Waals surface area contributed by atoms with Crippen LogP contribution in [-0.2, 0) is 9.84 Å². The van der Waals surface area contributed by atoms with Gasteiger partial charge in [0.1, 0.15) is 0 Å². The number of hydrogen-bond donors (Lipinski definition) is 1. The van der Waals surface area contributed by atoms with E-state index in [9.17, 15) is 8.42 Å². The van der Waals surface area contributed by atoms with Crippen molar-refractivity contribution in [3.8, 4) is 0 Å². The molecule has 1 fully saturated rings. The van der Waals surface area contributed by atoms with Gasteiger partial charge in [-0.25, -0.2) is 8.42 Å². The third-order valence-electron chi connectivity index (χ3n) is 3.45. The van der Waals surface area contributed by atoms with Gasteiger partial charge in [-0.05, 0) is 26.2 Å². The van der Waals surface area contributed by atoms with Crippen molar-refractivity contribution < 1.29 is 8.42 Å². The van der Waals surface area contributed by atoms with Crippen LogP contribution in [0.1, 0.15) is 52.9 Å². The molecule has 16 heavy (non-hydrogen) atoms. The quantitative estimate of drug-likeness (QED) is 0.782. The van der Waals surface area contributed by atoms with Crippen molar-refractivity contribution in [2.24, 2.45) is 0 Å². The van der Waals surface area contributed by atoms with Gasteiger partial charge in [0.05, 0.1) is 11.5 Å². The molecule has 0 aromatic rings. The van der Waals surface area contributed by atoms with Crippen molar-refractivity contribution in [3.63, 3.8) is 0 Å². The third kappa shape index (κ3) is 4.06. The molecule has 1 N–H and O–H groups in total. The molecule has 1 rings (SSSR count). The van der Waals surface area contributed by atoms with Gasteiger partial charge in [0.15, 0.2) is 9.84 Å². The fraction of sp³-hybridized carbons (Fsp3) is 1.00. The van der Waals surface area contributed by atoms with Crippen molar-refractivity contribution in [1.82, 2.24) is 5.32 Å². The summed E-state index contributed by atoms with van der Waals surface area (Å²) in [7, 11) is -2.79. The number of hydrogen-bond acceptors (Lipinski definition) is 3. The smallest absolute Gasteiger partial charge is 0.152 e. The van der Waals surface area contributed by atoms with E-state index < -0.39 is 9.84 Å². The van der Waals surface area contributed by atoms with Gasteiger partial charge in [-0.1, -0.05) is 26.7 Å². The van der Waals surface area contributed by atoms with E-state index in [4.69, 9.17) is 0 Å². The predicted octanol–water partition coefficient (Wildman–Crippen LogP) is 2.12. The highest BCUT2D eigenvalue weighted by Gasteiger charge is 2.38. The van der Waals surface area contributed by atoms with E-state index in [0.29, 0.717) is 17.5 Å². The zero-order chi connectivity index (χ0) is 12.2. The van der Waals surface area contributed by atoms with Gasteiger partial charge in [-0.15, -0.1) is 0 Å². The lowest BCUT2D eigenvalue weighted by Gasteiger charge is -2.30. The van der Waals surface area contributed by atoms with E-state index in [2.05, 4.69) is 19.2 Å². The molecule has 0 radical (unpaired) electrons. The average Bonchev–Trinajstić information content (AvgIpc) is 2.48. The lowest BCUT2D eigenvalue weighted by molar-refractivity contribution is 0.317. The molecular weight excluding hydrogens is 222 g/mol. The van der Waals surface area contributed by atoms with E-state index in [-0.39, 0.29) is 5.54 Å². The van der Waals surface area contributed by atoms with Crippen molar-refractivity contribution in [1.29, 1.82) is 0 Å². The van der Waals surface area contributed by atoms with Gasteiger partial charge in [0.2, 0.25) is 0 Å². The first-order valence-electron chi connectivity index (χ1n) is 6.39. The van der Waals surface area contributed by atoms with E-state index in [1.54, 1.807) is 0 Å². The zero-order valence-corrected chi connectivity index (χ0v) is 11.6. The zero-order valence-electron chi connectivity index (χ0n) is 10.8. The highest BCUT2D eigenvalue weighted by molar-refractivity contribution is 7.91. The number of nitrogens with one attached hydrogen (secondary N) is 1. The molecule has 0 saturated carbocycles. The standard InChI is InChI=1S/C12H25NO2S/c1-4-6-7-11(5-2)13-12(3)8-9-16(14,15)10-12/h11,13H,4-10H2,1-3H3. The Kier molecular flexibility index (Phi) is 4.80. The maximum absolute atomic E-state index is 11.5. The molecule has 2 atom stereocenters. The Hall–Kier alpha value is -0.0900. The van der Waals surface area contributed by atoms with Crippen molar-refractivity contribution in [2.75, 3.05) is 11.5 Å². The molecule has 1 aliphatic heterocycles. The van der Waals surface area contributed by atoms with Crippen molar-refractivity contribution in [2.45, 2.75) is 64.5 Å². The van der Waals surface area contributed by atoms with Crippen LogP contribution in [0.15, 0.2) is 0 Å². The fourth-order valence-electron chi connectivity index (χ4n) is 2.45. The van der Waals surface area contributed by atoms with E-state index in [1.807, 2.05) is 6.92 Å². The molecule has 0 aliphatic carbocycles. The van der Waals surface area contributed by atoms with Gasteiger partial charge in [0, 0.05) is 11.6 Å². The lowest BCUT2D eigenvalue weighted by Crippen LogP contribution is -2.48. The van der Waals surface area contributed by atoms with Crippen LogP contribution in [0.2, 0.25) is 0 Å². The minimum absolute atomic E-state index is 0.187. The minimum Gasteiger partial charge on any atom is -0.308 e. The normalized spacial score (nSPS) is 30.4. The number of sulfone groups is 1. The van der Waals surface area contributed by atoms with E-state index >= 15 is 0 Å². The molecule has 1 heterocycles. The van der Waals surface area contributed by atoms with Crippen molar-refractivity contribution >= 4 is 9.84 Å². The second-order valence-electron chi connectivity index (χ2n) is 5.29. The van der Waals surface area contributed by atoms with Gasteiger partial charge in [-0.2, -0.15) is 0 Å².